The van der Waals surface area contributed by atoms with Crippen molar-refractivity contribution in [1.82, 2.24) is 5.32 Å². The largest absolute Gasteiger partial charge is 0.493 e. The van der Waals surface area contributed by atoms with E-state index < -0.39 is 5.92 Å². The molecule has 2 aromatic carbocycles. The van der Waals surface area contributed by atoms with Crippen LogP contribution >= 0.6 is 0 Å². The highest BCUT2D eigenvalue weighted by Gasteiger charge is 2.37. The minimum atomic E-state index is -0.644. The van der Waals surface area contributed by atoms with E-state index in [4.69, 9.17) is 9.47 Å². The molecule has 27 heavy (non-hydrogen) atoms. The second-order valence-corrected chi connectivity index (χ2v) is 6.30. The number of rotatable bonds is 7. The summed E-state index contributed by atoms with van der Waals surface area (Å²) in [5, 5.41) is 2.86. The van der Waals surface area contributed by atoms with Gasteiger partial charge in [-0.15, -0.1) is 0 Å². The van der Waals surface area contributed by atoms with Crippen LogP contribution in [0.25, 0.3) is 0 Å². The molecule has 0 radical (unpaired) electrons. The van der Waals surface area contributed by atoms with Crippen molar-refractivity contribution in [2.45, 2.75) is 19.9 Å². The standard InChI is InChI=1S/C21H24N2O4/c1-3-27-18-10-9-15(13-19(18)26-2)14-22-20(24)17-11-12-23(21(17)25)16-7-5-4-6-8-16/h4-10,13,17H,3,11-12,14H2,1-2H3,(H,22,24)/t17-/m1/s1. The third kappa shape index (κ3) is 4.22. The molecule has 1 aliphatic rings. The molecule has 1 N–H and O–H groups in total. The van der Waals surface area contributed by atoms with Crippen molar-refractivity contribution in [3.8, 4) is 11.5 Å². The number of anilines is 1. The van der Waals surface area contributed by atoms with Crippen LogP contribution in [0.1, 0.15) is 18.9 Å². The van der Waals surface area contributed by atoms with Crippen LogP contribution in [0.3, 0.4) is 0 Å². The molecule has 2 amide bonds. The maximum absolute atomic E-state index is 12.6. The van der Waals surface area contributed by atoms with Gasteiger partial charge in [0.2, 0.25) is 11.8 Å². The molecule has 0 spiro atoms. The number of nitrogens with one attached hydrogen (secondary N) is 1. The van der Waals surface area contributed by atoms with E-state index >= 15 is 0 Å². The van der Waals surface area contributed by atoms with Crippen LogP contribution in [-0.4, -0.2) is 32.1 Å². The Kier molecular flexibility index (Phi) is 5.96. The third-order valence-electron chi connectivity index (χ3n) is 4.58. The first-order valence-electron chi connectivity index (χ1n) is 9.08. The summed E-state index contributed by atoms with van der Waals surface area (Å²) in [6.45, 7) is 3.34. The van der Waals surface area contributed by atoms with Crippen molar-refractivity contribution in [3.05, 3.63) is 54.1 Å². The highest BCUT2D eigenvalue weighted by molar-refractivity contribution is 6.09. The predicted molar refractivity (Wildman–Crippen MR) is 103 cm³/mol. The minimum Gasteiger partial charge on any atom is -0.493 e. The van der Waals surface area contributed by atoms with Gasteiger partial charge in [-0.1, -0.05) is 24.3 Å². The highest BCUT2D eigenvalue weighted by Crippen LogP contribution is 2.28. The van der Waals surface area contributed by atoms with Crippen molar-refractivity contribution in [2.24, 2.45) is 5.92 Å². The Labute approximate surface area is 159 Å². The molecule has 0 saturated carbocycles. The monoisotopic (exact) mass is 368 g/mol. The molecule has 1 heterocycles. The first-order chi connectivity index (χ1) is 13.1. The highest BCUT2D eigenvalue weighted by atomic mass is 16.5. The van der Waals surface area contributed by atoms with Gasteiger partial charge in [0.15, 0.2) is 11.5 Å². The summed E-state index contributed by atoms with van der Waals surface area (Å²) in [5.74, 6) is 0.249. The average Bonchev–Trinajstić information content (AvgIpc) is 3.09. The maximum Gasteiger partial charge on any atom is 0.239 e. The molecular weight excluding hydrogens is 344 g/mol. The molecule has 1 atom stereocenters. The van der Waals surface area contributed by atoms with Gasteiger partial charge in [-0.05, 0) is 43.2 Å². The first-order valence-corrected chi connectivity index (χ1v) is 9.08. The molecule has 1 fully saturated rings. The lowest BCUT2D eigenvalue weighted by Crippen LogP contribution is -2.36. The maximum atomic E-state index is 12.6. The fraction of sp³-hybridized carbons (Fsp3) is 0.333. The van der Waals surface area contributed by atoms with E-state index in [1.54, 1.807) is 12.0 Å². The minimum absolute atomic E-state index is 0.150. The van der Waals surface area contributed by atoms with Crippen LogP contribution in [0.5, 0.6) is 11.5 Å². The van der Waals surface area contributed by atoms with Crippen molar-refractivity contribution in [2.75, 3.05) is 25.2 Å². The molecule has 6 heteroatoms. The Bertz CT molecular complexity index is 807. The summed E-state index contributed by atoms with van der Waals surface area (Å²) in [5.41, 5.74) is 1.71. The number of methoxy groups -OCH3 is 1. The average molecular weight is 368 g/mol. The molecule has 0 bridgehead atoms. The van der Waals surface area contributed by atoms with Crippen LogP contribution in [0, 0.1) is 5.92 Å². The van der Waals surface area contributed by atoms with Crippen molar-refractivity contribution in [1.29, 1.82) is 0 Å². The molecule has 0 aromatic heterocycles. The molecule has 0 unspecified atom stereocenters. The summed E-state index contributed by atoms with van der Waals surface area (Å²) in [6.07, 6.45) is 0.520. The lowest BCUT2D eigenvalue weighted by atomic mass is 10.1. The van der Waals surface area contributed by atoms with E-state index in [2.05, 4.69) is 5.32 Å². The second-order valence-electron chi connectivity index (χ2n) is 6.30. The third-order valence-corrected chi connectivity index (χ3v) is 4.58. The van der Waals surface area contributed by atoms with Gasteiger partial charge in [0.25, 0.3) is 0 Å². The van der Waals surface area contributed by atoms with E-state index in [1.807, 2.05) is 55.5 Å². The summed E-state index contributed by atoms with van der Waals surface area (Å²) >= 11 is 0. The normalized spacial score (nSPS) is 16.3. The van der Waals surface area contributed by atoms with Gasteiger partial charge in [0.05, 0.1) is 13.7 Å². The molecule has 142 valence electrons. The van der Waals surface area contributed by atoms with Crippen molar-refractivity contribution < 1.29 is 19.1 Å². The van der Waals surface area contributed by atoms with Crippen molar-refractivity contribution >= 4 is 17.5 Å². The van der Waals surface area contributed by atoms with Gasteiger partial charge in [0, 0.05) is 18.8 Å². The summed E-state index contributed by atoms with van der Waals surface area (Å²) < 4.78 is 10.8. The number of benzene rings is 2. The molecule has 3 rings (SSSR count). The van der Waals surface area contributed by atoms with Crippen LogP contribution in [-0.2, 0) is 16.1 Å². The van der Waals surface area contributed by atoms with Gasteiger partial charge < -0.3 is 19.7 Å². The fourth-order valence-electron chi connectivity index (χ4n) is 3.20. The lowest BCUT2D eigenvalue weighted by molar-refractivity contribution is -0.132. The number of carbonyl (C=O) groups excluding carboxylic acids is 2. The number of hydrogen-bond donors (Lipinski definition) is 1. The number of ether oxygens (including phenoxy) is 2. The fourth-order valence-corrected chi connectivity index (χ4v) is 3.20. The van der Waals surface area contributed by atoms with Gasteiger partial charge >= 0.3 is 0 Å². The zero-order valence-electron chi connectivity index (χ0n) is 15.6. The van der Waals surface area contributed by atoms with Gasteiger partial charge in [0.1, 0.15) is 5.92 Å². The summed E-state index contributed by atoms with van der Waals surface area (Å²) in [7, 11) is 1.58. The van der Waals surface area contributed by atoms with Crippen LogP contribution in [0.4, 0.5) is 5.69 Å². The molecule has 1 saturated heterocycles. The zero-order chi connectivity index (χ0) is 19.2. The van der Waals surface area contributed by atoms with E-state index in [0.29, 0.717) is 37.6 Å². The zero-order valence-corrected chi connectivity index (χ0v) is 15.6. The molecule has 6 nitrogen and oxygen atoms in total. The van der Waals surface area contributed by atoms with Crippen LogP contribution < -0.4 is 19.7 Å². The van der Waals surface area contributed by atoms with Gasteiger partial charge in [-0.3, -0.25) is 9.59 Å². The van der Waals surface area contributed by atoms with E-state index in [1.165, 1.54) is 0 Å². The summed E-state index contributed by atoms with van der Waals surface area (Å²) in [4.78, 5) is 26.8. The Hall–Kier alpha value is -3.02. The van der Waals surface area contributed by atoms with Crippen LogP contribution in [0.2, 0.25) is 0 Å². The Balaban J connectivity index is 1.60. The van der Waals surface area contributed by atoms with E-state index in [-0.39, 0.29) is 11.8 Å². The number of nitrogens with zero attached hydrogens (tertiary/aromatic N) is 1. The van der Waals surface area contributed by atoms with Gasteiger partial charge in [-0.25, -0.2) is 0 Å². The molecular formula is C21H24N2O4. The predicted octanol–water partition coefficient (Wildman–Crippen LogP) is 2.76. The molecule has 0 aliphatic carbocycles. The Morgan fingerprint density at radius 3 is 2.67 bits per heavy atom. The number of carbonyl (C=O) groups is 2. The molecule has 1 aliphatic heterocycles. The second kappa shape index (κ2) is 8.58. The topological polar surface area (TPSA) is 67.9 Å². The molecule has 2 aromatic rings. The van der Waals surface area contributed by atoms with Crippen LogP contribution in [0.15, 0.2) is 48.5 Å². The number of amides is 2. The first kappa shape index (κ1) is 18.8. The van der Waals surface area contributed by atoms with E-state index in [9.17, 15) is 9.59 Å². The lowest BCUT2D eigenvalue weighted by Gasteiger charge is -2.16. The Morgan fingerprint density at radius 1 is 1.19 bits per heavy atom. The SMILES string of the molecule is CCOc1ccc(CNC(=O)[C@H]2CCN(c3ccccc3)C2=O)cc1OC. The van der Waals surface area contributed by atoms with Crippen molar-refractivity contribution in [3.63, 3.8) is 0 Å². The number of hydrogen-bond acceptors (Lipinski definition) is 4. The number of para-hydroxylation sites is 1. The van der Waals surface area contributed by atoms with Gasteiger partial charge in [-0.2, -0.15) is 0 Å². The van der Waals surface area contributed by atoms with E-state index in [0.717, 1.165) is 11.3 Å². The smallest absolute Gasteiger partial charge is 0.239 e. The quantitative estimate of drug-likeness (QED) is 0.763. The Morgan fingerprint density at radius 2 is 1.96 bits per heavy atom. The summed E-state index contributed by atoms with van der Waals surface area (Å²) in [6, 6.07) is 15.0.